The third-order valence-electron chi connectivity index (χ3n) is 5.09. The number of nitrogens with one attached hydrogen (secondary N) is 1. The van der Waals surface area contributed by atoms with E-state index in [1.165, 1.54) is 0 Å². The van der Waals surface area contributed by atoms with Gasteiger partial charge in [0.15, 0.2) is 0 Å². The molecule has 1 aromatic heterocycles. The van der Waals surface area contributed by atoms with E-state index in [0.717, 1.165) is 32.1 Å². The number of hydrogen-bond donors (Lipinski definition) is 1. The molecule has 6 heteroatoms. The molecule has 2 aromatic rings. The highest BCUT2D eigenvalue weighted by Crippen LogP contribution is 2.46. The summed E-state index contributed by atoms with van der Waals surface area (Å²) in [6.07, 6.45) is 3.28. The number of pyridine rings is 1. The molecule has 1 aromatic carbocycles. The van der Waals surface area contributed by atoms with E-state index in [-0.39, 0.29) is 6.10 Å². The highest BCUT2D eigenvalue weighted by atomic mass is 19.3. The largest absolute Gasteiger partial charge is 0.490 e. The number of nitrogens with zero attached hydrogens (tertiary/aromatic N) is 1. The number of rotatable bonds is 3. The Labute approximate surface area is 132 Å². The number of ether oxygens (including phenoxy) is 1. The maximum absolute atomic E-state index is 12.9. The van der Waals surface area contributed by atoms with Gasteiger partial charge in [-0.15, -0.1) is 0 Å². The molecule has 0 amide bonds. The van der Waals surface area contributed by atoms with Crippen molar-refractivity contribution in [2.24, 2.45) is 5.41 Å². The molecular formula is C17H18F2N2O2. The van der Waals surface area contributed by atoms with Crippen LogP contribution in [0.1, 0.15) is 25.0 Å². The van der Waals surface area contributed by atoms with Gasteiger partial charge in [0.25, 0.3) is 5.56 Å². The van der Waals surface area contributed by atoms with Crippen LogP contribution in [0.25, 0.3) is 10.8 Å². The van der Waals surface area contributed by atoms with Gasteiger partial charge in [-0.25, -0.2) is 0 Å². The fourth-order valence-corrected chi connectivity index (χ4v) is 3.70. The van der Waals surface area contributed by atoms with Gasteiger partial charge in [-0.3, -0.25) is 9.36 Å². The Kier molecular flexibility index (Phi) is 3.20. The Hall–Kier alpha value is -1.95. The molecule has 4 nitrogen and oxygen atoms in total. The monoisotopic (exact) mass is 320 g/mol. The predicted octanol–water partition coefficient (Wildman–Crippen LogP) is 2.84. The van der Waals surface area contributed by atoms with Crippen LogP contribution in [0.5, 0.6) is 5.75 Å². The molecule has 23 heavy (non-hydrogen) atoms. The van der Waals surface area contributed by atoms with E-state index in [2.05, 4.69) is 5.32 Å². The van der Waals surface area contributed by atoms with Gasteiger partial charge in [-0.1, -0.05) is 6.07 Å². The van der Waals surface area contributed by atoms with E-state index in [4.69, 9.17) is 4.74 Å². The molecule has 1 spiro atoms. The molecule has 0 unspecified atom stereocenters. The number of alkyl halides is 2. The van der Waals surface area contributed by atoms with Gasteiger partial charge in [-0.2, -0.15) is 8.78 Å². The SMILES string of the molecule is Cc1ccc(OC2CC3(CNC3)C2)c2ccn(C(F)F)c(=O)c12. The second kappa shape index (κ2) is 5.03. The molecule has 0 bridgehead atoms. The first-order valence-electron chi connectivity index (χ1n) is 7.79. The Balaban J connectivity index is 1.69. The van der Waals surface area contributed by atoms with Gasteiger partial charge in [0, 0.05) is 30.1 Å². The molecular weight excluding hydrogens is 302 g/mol. The van der Waals surface area contributed by atoms with E-state index >= 15 is 0 Å². The van der Waals surface area contributed by atoms with E-state index in [1.54, 1.807) is 19.1 Å². The molecule has 1 saturated carbocycles. The smallest absolute Gasteiger partial charge is 0.321 e. The second-order valence-electron chi connectivity index (χ2n) is 6.73. The van der Waals surface area contributed by atoms with Gasteiger partial charge < -0.3 is 10.1 Å². The highest BCUT2D eigenvalue weighted by molar-refractivity contribution is 5.90. The Morgan fingerprint density at radius 1 is 1.30 bits per heavy atom. The first-order chi connectivity index (χ1) is 11.0. The lowest BCUT2D eigenvalue weighted by Gasteiger charge is -2.53. The molecule has 0 atom stereocenters. The van der Waals surface area contributed by atoms with Crippen LogP contribution in [0.15, 0.2) is 29.2 Å². The molecule has 1 saturated heterocycles. The molecule has 2 heterocycles. The minimum absolute atomic E-state index is 0.139. The number of aromatic nitrogens is 1. The van der Waals surface area contributed by atoms with Crippen molar-refractivity contribution in [3.63, 3.8) is 0 Å². The summed E-state index contributed by atoms with van der Waals surface area (Å²) in [6.45, 7) is 0.997. The van der Waals surface area contributed by atoms with E-state index in [1.807, 2.05) is 6.07 Å². The van der Waals surface area contributed by atoms with Crippen LogP contribution in [-0.4, -0.2) is 23.8 Å². The van der Waals surface area contributed by atoms with Crippen LogP contribution in [-0.2, 0) is 0 Å². The lowest BCUT2D eigenvalue weighted by molar-refractivity contribution is -0.0489. The van der Waals surface area contributed by atoms with Crippen molar-refractivity contribution >= 4 is 10.8 Å². The topological polar surface area (TPSA) is 43.3 Å². The number of benzene rings is 1. The molecule has 2 aliphatic rings. The van der Waals surface area contributed by atoms with Crippen molar-refractivity contribution in [1.82, 2.24) is 9.88 Å². The van der Waals surface area contributed by atoms with Gasteiger partial charge in [0.05, 0.1) is 11.5 Å². The van der Waals surface area contributed by atoms with Gasteiger partial charge >= 0.3 is 6.55 Å². The summed E-state index contributed by atoms with van der Waals surface area (Å²) >= 11 is 0. The molecule has 1 aliphatic heterocycles. The van der Waals surface area contributed by atoms with Gasteiger partial charge in [0.1, 0.15) is 5.75 Å². The van der Waals surface area contributed by atoms with Crippen LogP contribution >= 0.6 is 0 Å². The minimum Gasteiger partial charge on any atom is -0.490 e. The maximum Gasteiger partial charge on any atom is 0.321 e. The minimum atomic E-state index is -2.84. The van der Waals surface area contributed by atoms with Crippen LogP contribution in [0.4, 0.5) is 8.78 Å². The molecule has 2 fully saturated rings. The number of fused-ring (bicyclic) bond motifs is 1. The summed E-state index contributed by atoms with van der Waals surface area (Å²) < 4.78 is 32.3. The summed E-state index contributed by atoms with van der Waals surface area (Å²) in [6, 6.07) is 5.13. The average Bonchev–Trinajstić information content (AvgIpc) is 2.42. The summed E-state index contributed by atoms with van der Waals surface area (Å²) in [5.74, 6) is 0.608. The first-order valence-corrected chi connectivity index (χ1v) is 7.79. The quantitative estimate of drug-likeness (QED) is 0.946. The van der Waals surface area contributed by atoms with Gasteiger partial charge in [0.2, 0.25) is 0 Å². The fraction of sp³-hybridized carbons (Fsp3) is 0.471. The lowest BCUT2D eigenvalue weighted by Crippen LogP contribution is -2.62. The Bertz CT molecular complexity index is 819. The summed E-state index contributed by atoms with van der Waals surface area (Å²) in [5, 5.41) is 4.20. The maximum atomic E-state index is 12.9. The standard InChI is InChI=1S/C17H18F2N2O2/c1-10-2-3-13(23-11-6-17(7-11)8-20-9-17)12-4-5-21(16(18)19)15(22)14(10)12/h2-5,11,16,20H,6-9H2,1H3. The highest BCUT2D eigenvalue weighted by Gasteiger charge is 2.49. The molecule has 0 radical (unpaired) electrons. The molecule has 4 rings (SSSR count). The van der Waals surface area contributed by atoms with Crippen LogP contribution in [0, 0.1) is 12.3 Å². The number of aryl methyl sites for hydroxylation is 1. The number of hydrogen-bond acceptors (Lipinski definition) is 3. The third kappa shape index (κ3) is 2.24. The zero-order valence-corrected chi connectivity index (χ0v) is 12.8. The summed E-state index contributed by atoms with van der Waals surface area (Å²) in [7, 11) is 0. The van der Waals surface area contributed by atoms with Crippen molar-refractivity contribution in [1.29, 1.82) is 0 Å². The third-order valence-corrected chi connectivity index (χ3v) is 5.09. The fourth-order valence-electron chi connectivity index (χ4n) is 3.70. The number of halogens is 2. The predicted molar refractivity (Wildman–Crippen MR) is 83.2 cm³/mol. The molecule has 1 N–H and O–H groups in total. The Morgan fingerprint density at radius 3 is 2.65 bits per heavy atom. The van der Waals surface area contributed by atoms with Crippen molar-refractivity contribution < 1.29 is 13.5 Å². The lowest BCUT2D eigenvalue weighted by atomic mass is 9.63. The first kappa shape index (κ1) is 14.6. The van der Waals surface area contributed by atoms with Crippen molar-refractivity contribution in [2.75, 3.05) is 13.1 Å². The van der Waals surface area contributed by atoms with E-state index < -0.39 is 12.1 Å². The Morgan fingerprint density at radius 2 is 2.04 bits per heavy atom. The van der Waals surface area contributed by atoms with Gasteiger partial charge in [-0.05, 0) is 37.5 Å². The average molecular weight is 320 g/mol. The second-order valence-corrected chi connectivity index (χ2v) is 6.73. The molecule has 122 valence electrons. The normalized spacial score (nSPS) is 19.8. The summed E-state index contributed by atoms with van der Waals surface area (Å²) in [4.78, 5) is 12.3. The van der Waals surface area contributed by atoms with Crippen LogP contribution in [0.2, 0.25) is 0 Å². The molecule has 1 aliphatic carbocycles. The zero-order chi connectivity index (χ0) is 16.2. The summed E-state index contributed by atoms with van der Waals surface area (Å²) in [5.41, 5.74) is 0.405. The van der Waals surface area contributed by atoms with Crippen LogP contribution in [0.3, 0.4) is 0 Å². The van der Waals surface area contributed by atoms with E-state index in [0.29, 0.717) is 32.1 Å². The van der Waals surface area contributed by atoms with Crippen LogP contribution < -0.4 is 15.6 Å². The van der Waals surface area contributed by atoms with Crippen molar-refractivity contribution in [3.8, 4) is 5.75 Å². The zero-order valence-electron chi connectivity index (χ0n) is 12.8. The van der Waals surface area contributed by atoms with E-state index in [9.17, 15) is 13.6 Å². The van der Waals surface area contributed by atoms with Crippen molar-refractivity contribution in [2.45, 2.75) is 32.4 Å². The van der Waals surface area contributed by atoms with Crippen molar-refractivity contribution in [3.05, 3.63) is 40.3 Å².